The lowest BCUT2D eigenvalue weighted by Crippen LogP contribution is -2.55. The smallest absolute Gasteiger partial charge is 0.272 e. The molecule has 3 N–H and O–H groups in total. The zero-order valence-corrected chi connectivity index (χ0v) is 14.3. The van der Waals surface area contributed by atoms with Crippen LogP contribution in [0.1, 0.15) is 32.8 Å². The van der Waals surface area contributed by atoms with Crippen LogP contribution >= 0.6 is 0 Å². The van der Waals surface area contributed by atoms with Gasteiger partial charge in [0.15, 0.2) is 0 Å². The highest BCUT2D eigenvalue weighted by Crippen LogP contribution is 2.14. The summed E-state index contributed by atoms with van der Waals surface area (Å²) in [4.78, 5) is 44.4. The minimum absolute atomic E-state index is 0.0120. The monoisotopic (exact) mass is 356 g/mol. The number of hydrogen-bond donors (Lipinski definition) is 3. The van der Waals surface area contributed by atoms with Gasteiger partial charge in [-0.2, -0.15) is 0 Å². The van der Waals surface area contributed by atoms with Gasteiger partial charge in [-0.1, -0.05) is 6.07 Å². The first-order valence-corrected chi connectivity index (χ1v) is 8.34. The molecule has 8 nitrogen and oxygen atoms in total. The Bertz CT molecular complexity index is 862. The molecule has 2 aromatic rings. The first-order chi connectivity index (χ1) is 12.5. The Labute approximate surface area is 149 Å². The molecular formula is C18H20N4O4. The van der Waals surface area contributed by atoms with Crippen LogP contribution in [0.3, 0.4) is 0 Å². The minimum Gasteiger partial charge on any atom is -0.389 e. The number of likely N-dealkylation sites (tertiary alicyclic amines) is 1. The summed E-state index contributed by atoms with van der Waals surface area (Å²) in [6.07, 6.45) is 2.52. The normalized spacial score (nSPS) is 19.8. The Balaban J connectivity index is 1.62. The van der Waals surface area contributed by atoms with Crippen molar-refractivity contribution in [1.29, 1.82) is 0 Å². The molecule has 2 unspecified atom stereocenters. The Morgan fingerprint density at radius 2 is 2.15 bits per heavy atom. The number of hydrogen-bond acceptors (Lipinski definition) is 5. The first-order valence-electron chi connectivity index (χ1n) is 8.34. The molecule has 0 bridgehead atoms. The predicted molar refractivity (Wildman–Crippen MR) is 93.8 cm³/mol. The predicted octanol–water partition coefficient (Wildman–Crippen LogP) is 0.0837. The van der Waals surface area contributed by atoms with Gasteiger partial charge < -0.3 is 20.3 Å². The van der Waals surface area contributed by atoms with Crippen LogP contribution in [0, 0.1) is 6.92 Å². The first kappa shape index (κ1) is 17.8. The lowest BCUT2D eigenvalue weighted by Gasteiger charge is -2.36. The maximum absolute atomic E-state index is 12.5. The number of nitrogens with zero attached hydrogens (tertiary/aromatic N) is 2. The maximum atomic E-state index is 12.5. The standard InChI is InChI=1S/C18H20N4O4/c1-11-4-5-14(20-9-11)18(26)22-8-6-13(15(23)10-22)21-17(25)12-3-2-7-19-16(12)24/h2-5,7,9,13,15,23H,6,8,10H2,1H3,(H,19,24)(H,21,25). The quantitative estimate of drug-likeness (QED) is 0.721. The number of aliphatic hydroxyl groups is 1. The van der Waals surface area contributed by atoms with E-state index in [2.05, 4.69) is 15.3 Å². The molecule has 2 atom stereocenters. The van der Waals surface area contributed by atoms with Crippen molar-refractivity contribution >= 4 is 11.8 Å². The third kappa shape index (κ3) is 3.80. The summed E-state index contributed by atoms with van der Waals surface area (Å²) in [6, 6.07) is 5.91. The summed E-state index contributed by atoms with van der Waals surface area (Å²) in [7, 11) is 0. The second-order valence-corrected chi connectivity index (χ2v) is 6.32. The summed E-state index contributed by atoms with van der Waals surface area (Å²) in [6.45, 7) is 2.35. The van der Waals surface area contributed by atoms with Crippen LogP contribution in [0.15, 0.2) is 41.5 Å². The van der Waals surface area contributed by atoms with Gasteiger partial charge in [0, 0.05) is 25.5 Å². The SMILES string of the molecule is Cc1ccc(C(=O)N2CCC(NC(=O)c3ccc[nH]c3=O)C(O)C2)nc1. The fourth-order valence-electron chi connectivity index (χ4n) is 2.89. The number of aryl methyl sites for hydroxylation is 1. The van der Waals surface area contributed by atoms with E-state index in [-0.39, 0.29) is 18.0 Å². The number of rotatable bonds is 3. The van der Waals surface area contributed by atoms with Gasteiger partial charge in [0.05, 0.1) is 12.1 Å². The third-order valence-electron chi connectivity index (χ3n) is 4.38. The van der Waals surface area contributed by atoms with Crippen molar-refractivity contribution in [3.63, 3.8) is 0 Å². The van der Waals surface area contributed by atoms with E-state index in [1.54, 1.807) is 24.4 Å². The Hall–Kier alpha value is -3.00. The molecule has 0 aromatic carbocycles. The number of aliphatic hydroxyl groups excluding tert-OH is 1. The van der Waals surface area contributed by atoms with Gasteiger partial charge >= 0.3 is 0 Å². The van der Waals surface area contributed by atoms with Gasteiger partial charge in [-0.3, -0.25) is 19.4 Å². The maximum Gasteiger partial charge on any atom is 0.272 e. The van der Waals surface area contributed by atoms with Crippen LogP contribution < -0.4 is 10.9 Å². The average Bonchev–Trinajstić information content (AvgIpc) is 2.63. The fourth-order valence-corrected chi connectivity index (χ4v) is 2.89. The number of amides is 2. The van der Waals surface area contributed by atoms with Crippen LogP contribution in [0.5, 0.6) is 0 Å². The van der Waals surface area contributed by atoms with Gasteiger partial charge in [0.25, 0.3) is 17.4 Å². The van der Waals surface area contributed by atoms with Gasteiger partial charge in [0.2, 0.25) is 0 Å². The molecule has 1 fully saturated rings. The van der Waals surface area contributed by atoms with Crippen LogP contribution in [-0.4, -0.2) is 57.0 Å². The molecule has 2 aromatic heterocycles. The number of aromatic amines is 1. The van der Waals surface area contributed by atoms with Crippen LogP contribution in [0.2, 0.25) is 0 Å². The highest BCUT2D eigenvalue weighted by atomic mass is 16.3. The molecule has 1 aliphatic heterocycles. The molecule has 1 aliphatic rings. The highest BCUT2D eigenvalue weighted by molar-refractivity contribution is 5.94. The van der Waals surface area contributed by atoms with E-state index in [4.69, 9.17) is 0 Å². The summed E-state index contributed by atoms with van der Waals surface area (Å²) < 4.78 is 0. The summed E-state index contributed by atoms with van der Waals surface area (Å²) in [5.74, 6) is -0.802. The van der Waals surface area contributed by atoms with Gasteiger partial charge in [0.1, 0.15) is 11.3 Å². The Kier molecular flexibility index (Phi) is 5.13. The number of aromatic nitrogens is 2. The van der Waals surface area contributed by atoms with Gasteiger partial charge in [-0.15, -0.1) is 0 Å². The van der Waals surface area contributed by atoms with Crippen molar-refractivity contribution in [2.75, 3.05) is 13.1 Å². The van der Waals surface area contributed by atoms with E-state index in [1.165, 1.54) is 17.2 Å². The molecule has 0 spiro atoms. The lowest BCUT2D eigenvalue weighted by atomic mass is 10.0. The van der Waals surface area contributed by atoms with E-state index in [9.17, 15) is 19.5 Å². The molecule has 0 radical (unpaired) electrons. The fraction of sp³-hybridized carbons (Fsp3) is 0.333. The second kappa shape index (κ2) is 7.49. The van der Waals surface area contributed by atoms with Crippen molar-refractivity contribution in [2.45, 2.75) is 25.5 Å². The molecule has 3 heterocycles. The van der Waals surface area contributed by atoms with E-state index < -0.39 is 23.6 Å². The van der Waals surface area contributed by atoms with Crippen molar-refractivity contribution < 1.29 is 14.7 Å². The Morgan fingerprint density at radius 1 is 1.35 bits per heavy atom. The number of carbonyl (C=O) groups excluding carboxylic acids is 2. The Morgan fingerprint density at radius 3 is 2.81 bits per heavy atom. The molecular weight excluding hydrogens is 336 g/mol. The number of β-amino-alcohol motifs (C(OH)–C–C–N with tert-alkyl or cyclic N) is 1. The van der Waals surface area contributed by atoms with Crippen molar-refractivity contribution in [1.82, 2.24) is 20.2 Å². The lowest BCUT2D eigenvalue weighted by molar-refractivity contribution is 0.0311. The van der Waals surface area contributed by atoms with E-state index in [0.717, 1.165) is 5.56 Å². The zero-order chi connectivity index (χ0) is 18.7. The molecule has 1 saturated heterocycles. The largest absolute Gasteiger partial charge is 0.389 e. The highest BCUT2D eigenvalue weighted by Gasteiger charge is 2.32. The average molecular weight is 356 g/mol. The molecule has 0 aliphatic carbocycles. The summed E-state index contributed by atoms with van der Waals surface area (Å²) in [5.41, 5.74) is 0.777. The topological polar surface area (TPSA) is 115 Å². The van der Waals surface area contributed by atoms with Gasteiger partial charge in [-0.25, -0.2) is 0 Å². The van der Waals surface area contributed by atoms with Crippen molar-refractivity contribution in [2.24, 2.45) is 0 Å². The summed E-state index contributed by atoms with van der Waals surface area (Å²) >= 11 is 0. The minimum atomic E-state index is -0.926. The van der Waals surface area contributed by atoms with Crippen LogP contribution in [0.25, 0.3) is 0 Å². The second-order valence-electron chi connectivity index (χ2n) is 6.32. The number of carbonyl (C=O) groups is 2. The molecule has 2 amide bonds. The number of piperidine rings is 1. The van der Waals surface area contributed by atoms with E-state index in [1.807, 2.05) is 6.92 Å². The number of nitrogens with one attached hydrogen (secondary N) is 2. The van der Waals surface area contributed by atoms with Crippen molar-refractivity contribution in [3.8, 4) is 0 Å². The van der Waals surface area contributed by atoms with E-state index >= 15 is 0 Å². The van der Waals surface area contributed by atoms with Crippen LogP contribution in [-0.2, 0) is 0 Å². The molecule has 3 rings (SSSR count). The van der Waals surface area contributed by atoms with E-state index in [0.29, 0.717) is 18.7 Å². The van der Waals surface area contributed by atoms with Crippen LogP contribution in [0.4, 0.5) is 0 Å². The molecule has 136 valence electrons. The number of pyridine rings is 2. The summed E-state index contributed by atoms with van der Waals surface area (Å²) in [5, 5.41) is 13.0. The zero-order valence-electron chi connectivity index (χ0n) is 14.3. The van der Waals surface area contributed by atoms with Gasteiger partial charge in [-0.05, 0) is 37.1 Å². The third-order valence-corrected chi connectivity index (χ3v) is 4.38. The molecule has 0 saturated carbocycles. The van der Waals surface area contributed by atoms with Crippen molar-refractivity contribution in [3.05, 3.63) is 63.8 Å². The molecule has 26 heavy (non-hydrogen) atoms. The number of H-pyrrole nitrogens is 1. The molecule has 8 heteroatoms.